The molecule has 0 aliphatic heterocycles. The van der Waals surface area contributed by atoms with Crippen molar-refractivity contribution in [3.63, 3.8) is 0 Å². The minimum Gasteiger partial charge on any atom is -0.480 e. The largest absolute Gasteiger partial charge is 0.500 e. The Morgan fingerprint density at radius 1 is 1.12 bits per heavy atom. The number of hydrogen-bond donors (Lipinski definition) is 1. The molecule has 0 bridgehead atoms. The van der Waals surface area contributed by atoms with Crippen LogP contribution in [-0.4, -0.2) is 50.3 Å². The molecular formula is C18H28O6SSi. The van der Waals surface area contributed by atoms with Crippen molar-refractivity contribution in [2.24, 2.45) is 5.41 Å². The van der Waals surface area contributed by atoms with E-state index in [1.807, 2.05) is 20.8 Å². The van der Waals surface area contributed by atoms with Gasteiger partial charge in [0.15, 0.2) is 11.2 Å². The standard InChI is InChI=1S/C18H28O6SSi/c1-4-22-26(23-5-2,24-6-3)14-10-11-15(25)16(19)18(17(20)21)12-8-7-9-13-18/h7-9,12H,4-6,10-11,13-14H2,1-3H3,(H,20,21). The molecule has 0 aromatic carbocycles. The van der Waals surface area contributed by atoms with Gasteiger partial charge in [-0.15, -0.1) is 0 Å². The summed E-state index contributed by atoms with van der Waals surface area (Å²) in [6.45, 7) is 7.09. The number of hydrogen-bond acceptors (Lipinski definition) is 6. The van der Waals surface area contributed by atoms with Gasteiger partial charge in [0, 0.05) is 25.9 Å². The summed E-state index contributed by atoms with van der Waals surface area (Å²) in [6, 6.07) is 0.533. The predicted molar refractivity (Wildman–Crippen MR) is 105 cm³/mol. The molecule has 0 radical (unpaired) electrons. The number of Topliss-reactive ketones (excluding diaryl/α,β-unsaturated/α-hetero) is 1. The number of rotatable bonds is 13. The maximum Gasteiger partial charge on any atom is 0.500 e. The molecule has 1 rings (SSSR count). The topological polar surface area (TPSA) is 82.1 Å². The molecule has 0 amide bonds. The van der Waals surface area contributed by atoms with Gasteiger partial charge in [0.1, 0.15) is 0 Å². The first-order chi connectivity index (χ1) is 12.4. The molecule has 8 heteroatoms. The number of aliphatic carboxylic acids is 1. The van der Waals surface area contributed by atoms with Crippen molar-refractivity contribution in [1.29, 1.82) is 0 Å². The van der Waals surface area contributed by atoms with Crippen LogP contribution < -0.4 is 0 Å². The zero-order chi connectivity index (χ0) is 19.6. The maximum atomic E-state index is 12.7. The van der Waals surface area contributed by atoms with Gasteiger partial charge in [0.2, 0.25) is 0 Å². The normalized spacial score (nSPS) is 19.5. The molecule has 1 aliphatic rings. The van der Waals surface area contributed by atoms with E-state index in [1.54, 1.807) is 18.2 Å². The van der Waals surface area contributed by atoms with Crippen LogP contribution in [0.25, 0.3) is 0 Å². The van der Waals surface area contributed by atoms with Crippen molar-refractivity contribution < 1.29 is 28.0 Å². The van der Waals surface area contributed by atoms with Gasteiger partial charge in [-0.3, -0.25) is 9.59 Å². The van der Waals surface area contributed by atoms with Gasteiger partial charge in [-0.25, -0.2) is 0 Å². The average Bonchev–Trinajstić information content (AvgIpc) is 2.62. The van der Waals surface area contributed by atoms with E-state index in [0.29, 0.717) is 38.7 Å². The Hall–Kier alpha value is -1.19. The molecule has 0 heterocycles. The molecule has 1 N–H and O–H groups in total. The molecule has 1 atom stereocenters. The Bertz CT molecular complexity index is 557. The zero-order valence-corrected chi connectivity index (χ0v) is 17.5. The third-order valence-electron chi connectivity index (χ3n) is 4.09. The molecule has 0 saturated carbocycles. The van der Waals surface area contributed by atoms with E-state index in [2.05, 4.69) is 0 Å². The highest BCUT2D eigenvalue weighted by molar-refractivity contribution is 7.82. The molecule has 146 valence electrons. The lowest BCUT2D eigenvalue weighted by Crippen LogP contribution is -2.46. The first-order valence-electron chi connectivity index (χ1n) is 8.94. The minimum atomic E-state index is -2.79. The number of ketones is 1. The molecule has 0 saturated heterocycles. The van der Waals surface area contributed by atoms with Crippen LogP contribution in [0.15, 0.2) is 24.3 Å². The highest BCUT2D eigenvalue weighted by Gasteiger charge is 2.45. The number of allylic oxidation sites excluding steroid dienone is 3. The summed E-state index contributed by atoms with van der Waals surface area (Å²) >= 11 is 5.25. The van der Waals surface area contributed by atoms with Crippen LogP contribution in [0.2, 0.25) is 6.04 Å². The van der Waals surface area contributed by atoms with Crippen LogP contribution in [0.3, 0.4) is 0 Å². The van der Waals surface area contributed by atoms with Gasteiger partial charge in [0.05, 0.1) is 4.86 Å². The highest BCUT2D eigenvalue weighted by Crippen LogP contribution is 2.31. The van der Waals surface area contributed by atoms with Crippen molar-refractivity contribution in [2.45, 2.75) is 46.1 Å². The lowest BCUT2D eigenvalue weighted by molar-refractivity contribution is -0.149. The van der Waals surface area contributed by atoms with E-state index in [1.165, 1.54) is 6.08 Å². The van der Waals surface area contributed by atoms with Gasteiger partial charge in [0.25, 0.3) is 0 Å². The minimum absolute atomic E-state index is 0.118. The Labute approximate surface area is 161 Å². The lowest BCUT2D eigenvalue weighted by atomic mass is 9.76. The van der Waals surface area contributed by atoms with E-state index >= 15 is 0 Å². The van der Waals surface area contributed by atoms with Crippen LogP contribution in [0, 0.1) is 5.41 Å². The van der Waals surface area contributed by atoms with Gasteiger partial charge in [-0.2, -0.15) is 0 Å². The van der Waals surface area contributed by atoms with E-state index in [4.69, 9.17) is 25.5 Å². The van der Waals surface area contributed by atoms with Crippen LogP contribution in [0.4, 0.5) is 0 Å². The second-order valence-electron chi connectivity index (χ2n) is 5.86. The fourth-order valence-corrected chi connectivity index (χ4v) is 5.81. The monoisotopic (exact) mass is 400 g/mol. The third-order valence-corrected chi connectivity index (χ3v) is 7.63. The fourth-order valence-electron chi connectivity index (χ4n) is 2.87. The quantitative estimate of drug-likeness (QED) is 0.288. The first-order valence-corrected chi connectivity index (χ1v) is 11.3. The number of carbonyl (C=O) groups excluding carboxylic acids is 1. The molecule has 1 unspecified atom stereocenters. The van der Waals surface area contributed by atoms with E-state index < -0.39 is 26.0 Å². The smallest absolute Gasteiger partial charge is 0.480 e. The predicted octanol–water partition coefficient (Wildman–Crippen LogP) is 3.34. The summed E-state index contributed by atoms with van der Waals surface area (Å²) in [4.78, 5) is 24.5. The number of carbonyl (C=O) groups is 2. The molecular weight excluding hydrogens is 372 g/mol. The van der Waals surface area contributed by atoms with Crippen molar-refractivity contribution in [1.82, 2.24) is 0 Å². The van der Waals surface area contributed by atoms with Crippen molar-refractivity contribution >= 4 is 37.6 Å². The van der Waals surface area contributed by atoms with Gasteiger partial charge in [-0.1, -0.05) is 36.5 Å². The number of thiocarbonyl (C=S) groups is 1. The maximum absolute atomic E-state index is 12.7. The van der Waals surface area contributed by atoms with Crippen LogP contribution in [-0.2, 0) is 22.9 Å². The Kier molecular flexibility index (Phi) is 9.52. The van der Waals surface area contributed by atoms with Gasteiger partial charge < -0.3 is 18.4 Å². The Morgan fingerprint density at radius 2 is 1.69 bits per heavy atom. The molecule has 26 heavy (non-hydrogen) atoms. The van der Waals surface area contributed by atoms with Crippen LogP contribution >= 0.6 is 12.2 Å². The number of carboxylic acid groups (broad SMARTS) is 1. The summed E-state index contributed by atoms with van der Waals surface area (Å²) in [5.41, 5.74) is -1.58. The summed E-state index contributed by atoms with van der Waals surface area (Å²) in [6.07, 6.45) is 7.37. The molecule has 0 spiro atoms. The third kappa shape index (κ3) is 5.65. The van der Waals surface area contributed by atoms with Crippen molar-refractivity contribution in [3.8, 4) is 0 Å². The summed E-state index contributed by atoms with van der Waals surface area (Å²) in [7, 11) is -2.79. The molecule has 0 aromatic rings. The molecule has 0 aromatic heterocycles. The summed E-state index contributed by atoms with van der Waals surface area (Å²) < 4.78 is 17.3. The van der Waals surface area contributed by atoms with Crippen molar-refractivity contribution in [2.75, 3.05) is 19.8 Å². The molecule has 6 nitrogen and oxygen atoms in total. The SMILES string of the molecule is CCO[Si](CCCC(=S)C(=O)C1(C(=O)O)C=CC=CC1)(OCC)OCC. The van der Waals surface area contributed by atoms with Crippen LogP contribution in [0.5, 0.6) is 0 Å². The lowest BCUT2D eigenvalue weighted by Gasteiger charge is -2.29. The second kappa shape index (κ2) is 10.8. The summed E-state index contributed by atoms with van der Waals surface area (Å²) in [5.74, 6) is -1.69. The Balaban J connectivity index is 2.74. The van der Waals surface area contributed by atoms with Gasteiger partial charge in [-0.05, 0) is 40.0 Å². The zero-order valence-electron chi connectivity index (χ0n) is 15.7. The second-order valence-corrected chi connectivity index (χ2v) is 9.08. The highest BCUT2D eigenvalue weighted by atomic mass is 32.1. The average molecular weight is 401 g/mol. The Morgan fingerprint density at radius 3 is 2.12 bits per heavy atom. The first kappa shape index (κ1) is 22.8. The van der Waals surface area contributed by atoms with E-state index in [9.17, 15) is 14.7 Å². The van der Waals surface area contributed by atoms with E-state index in [-0.39, 0.29) is 11.3 Å². The fraction of sp³-hybridized carbons (Fsp3) is 0.611. The van der Waals surface area contributed by atoms with E-state index in [0.717, 1.165) is 0 Å². The molecule has 1 aliphatic carbocycles. The van der Waals surface area contributed by atoms with Gasteiger partial charge >= 0.3 is 14.8 Å². The molecule has 0 fully saturated rings. The summed E-state index contributed by atoms with van der Waals surface area (Å²) in [5, 5.41) is 9.55. The van der Waals surface area contributed by atoms with Crippen LogP contribution in [0.1, 0.15) is 40.0 Å². The van der Waals surface area contributed by atoms with Crippen molar-refractivity contribution in [3.05, 3.63) is 24.3 Å². The number of carboxylic acids is 1.